The number of hydrogen-bond acceptors (Lipinski definition) is 5. The van der Waals surface area contributed by atoms with Gasteiger partial charge in [-0.25, -0.2) is 0 Å². The monoisotopic (exact) mass is 354 g/mol. The van der Waals surface area contributed by atoms with Gasteiger partial charge in [0.25, 0.3) is 5.91 Å². The predicted molar refractivity (Wildman–Crippen MR) is 95.9 cm³/mol. The molecule has 26 heavy (non-hydrogen) atoms. The summed E-state index contributed by atoms with van der Waals surface area (Å²) in [6.45, 7) is 3.14. The summed E-state index contributed by atoms with van der Waals surface area (Å²) in [6.07, 6.45) is 2.43. The zero-order chi connectivity index (χ0) is 18.1. The minimum Gasteiger partial charge on any atom is -0.451 e. The maximum absolute atomic E-state index is 12.7. The lowest BCUT2D eigenvalue weighted by atomic mass is 10.1. The first kappa shape index (κ1) is 16.8. The molecule has 0 aliphatic carbocycles. The van der Waals surface area contributed by atoms with Gasteiger partial charge in [0.15, 0.2) is 11.6 Å². The number of carbonyl (C=O) groups is 1. The summed E-state index contributed by atoms with van der Waals surface area (Å²) in [7, 11) is 1.65. The van der Waals surface area contributed by atoms with Gasteiger partial charge in [0.05, 0.1) is 0 Å². The number of aromatic nitrogens is 3. The van der Waals surface area contributed by atoms with Crippen LogP contribution < -0.4 is 5.32 Å². The molecule has 7 nitrogen and oxygen atoms in total. The van der Waals surface area contributed by atoms with Gasteiger partial charge < -0.3 is 19.0 Å². The van der Waals surface area contributed by atoms with E-state index in [2.05, 4.69) is 20.1 Å². The Kier molecular flexibility index (Phi) is 4.46. The van der Waals surface area contributed by atoms with E-state index in [0.29, 0.717) is 12.4 Å². The normalized spacial score (nSPS) is 17.1. The Balaban J connectivity index is 1.47. The second kappa shape index (κ2) is 6.92. The lowest BCUT2D eigenvalue weighted by Gasteiger charge is -2.15. The van der Waals surface area contributed by atoms with Crippen LogP contribution in [0.1, 0.15) is 40.6 Å². The van der Waals surface area contributed by atoms with Crippen molar-refractivity contribution in [3.8, 4) is 0 Å². The maximum atomic E-state index is 12.7. The molecule has 3 heterocycles. The molecule has 1 aliphatic rings. The molecule has 4 rings (SSSR count). The van der Waals surface area contributed by atoms with Crippen molar-refractivity contribution in [1.82, 2.24) is 20.1 Å². The first-order chi connectivity index (χ1) is 12.7. The van der Waals surface area contributed by atoms with E-state index in [4.69, 9.17) is 9.15 Å². The number of hydrogen-bond donors (Lipinski definition) is 1. The Morgan fingerprint density at radius 3 is 3.00 bits per heavy atom. The van der Waals surface area contributed by atoms with Crippen LogP contribution in [0.5, 0.6) is 0 Å². The lowest BCUT2D eigenvalue weighted by molar-refractivity contribution is 0.0906. The molecule has 3 aromatic rings. The number of rotatable bonds is 4. The van der Waals surface area contributed by atoms with Gasteiger partial charge in [-0.05, 0) is 25.8 Å². The van der Waals surface area contributed by atoms with E-state index in [1.807, 2.05) is 31.2 Å². The maximum Gasteiger partial charge on any atom is 0.287 e. The van der Waals surface area contributed by atoms with Gasteiger partial charge in [-0.15, -0.1) is 10.2 Å². The smallest absolute Gasteiger partial charge is 0.287 e. The van der Waals surface area contributed by atoms with E-state index in [-0.39, 0.29) is 11.9 Å². The molecule has 1 aromatic carbocycles. The van der Waals surface area contributed by atoms with Gasteiger partial charge in [0, 0.05) is 37.1 Å². The van der Waals surface area contributed by atoms with Gasteiger partial charge in [-0.2, -0.15) is 0 Å². The van der Waals surface area contributed by atoms with Gasteiger partial charge >= 0.3 is 0 Å². The molecule has 0 radical (unpaired) electrons. The zero-order valence-corrected chi connectivity index (χ0v) is 15.0. The van der Waals surface area contributed by atoms with E-state index >= 15 is 0 Å². The largest absolute Gasteiger partial charge is 0.451 e. The number of methoxy groups -OCH3 is 1. The molecule has 1 amide bonds. The third-order valence-electron chi connectivity index (χ3n) is 4.98. The average Bonchev–Trinajstić information content (AvgIpc) is 3.12. The summed E-state index contributed by atoms with van der Waals surface area (Å²) in [6, 6.07) is 7.79. The number of fused-ring (bicyclic) bond motifs is 2. The van der Waals surface area contributed by atoms with Crippen LogP contribution in [-0.4, -0.2) is 33.8 Å². The molecule has 1 aliphatic heterocycles. The molecule has 0 fully saturated rings. The van der Waals surface area contributed by atoms with Crippen molar-refractivity contribution in [2.24, 2.45) is 0 Å². The fourth-order valence-electron chi connectivity index (χ4n) is 3.57. The van der Waals surface area contributed by atoms with Crippen LogP contribution in [0.4, 0.5) is 0 Å². The molecule has 7 heteroatoms. The summed E-state index contributed by atoms with van der Waals surface area (Å²) in [5.41, 5.74) is 1.62. The molecular formula is C19H22N4O3. The van der Waals surface area contributed by atoms with Gasteiger partial charge in [-0.3, -0.25) is 4.79 Å². The molecule has 0 saturated heterocycles. The van der Waals surface area contributed by atoms with Crippen LogP contribution in [0.3, 0.4) is 0 Å². The highest BCUT2D eigenvalue weighted by molar-refractivity contribution is 5.99. The minimum absolute atomic E-state index is 0.0761. The molecule has 2 aromatic heterocycles. The molecule has 1 N–H and O–H groups in total. The van der Waals surface area contributed by atoms with Gasteiger partial charge in [-0.1, -0.05) is 18.2 Å². The number of carbonyl (C=O) groups excluding carboxylic acids is 1. The Morgan fingerprint density at radius 2 is 2.19 bits per heavy atom. The number of ether oxygens (including phenoxy) is 1. The third kappa shape index (κ3) is 2.99. The molecular weight excluding hydrogens is 332 g/mol. The zero-order valence-electron chi connectivity index (χ0n) is 15.0. The summed E-state index contributed by atoms with van der Waals surface area (Å²) >= 11 is 0. The minimum atomic E-state index is -0.154. The summed E-state index contributed by atoms with van der Waals surface area (Å²) in [4.78, 5) is 12.7. The second-order valence-corrected chi connectivity index (χ2v) is 6.67. The van der Waals surface area contributed by atoms with Crippen molar-refractivity contribution in [3.05, 3.63) is 47.2 Å². The molecule has 0 spiro atoms. The van der Waals surface area contributed by atoms with E-state index in [1.54, 1.807) is 7.11 Å². The fraction of sp³-hybridized carbons (Fsp3) is 0.421. The van der Waals surface area contributed by atoms with E-state index in [1.165, 1.54) is 0 Å². The molecule has 136 valence electrons. The van der Waals surface area contributed by atoms with Crippen molar-refractivity contribution in [2.45, 2.75) is 45.4 Å². The quantitative estimate of drug-likeness (QED) is 0.779. The lowest BCUT2D eigenvalue weighted by Crippen LogP contribution is -2.35. The highest BCUT2D eigenvalue weighted by atomic mass is 16.5. The van der Waals surface area contributed by atoms with Crippen LogP contribution in [0.2, 0.25) is 0 Å². The van der Waals surface area contributed by atoms with E-state index in [0.717, 1.165) is 54.0 Å². The van der Waals surface area contributed by atoms with Crippen LogP contribution in [0, 0.1) is 6.92 Å². The van der Waals surface area contributed by atoms with Crippen LogP contribution >= 0.6 is 0 Å². The van der Waals surface area contributed by atoms with Crippen molar-refractivity contribution >= 4 is 16.9 Å². The standard InChI is InChI=1S/C19H22N4O3/c1-12-14-5-3-4-6-15(14)26-18(12)19(24)20-13-7-8-16-21-22-17(11-25-2)23(16)10-9-13/h3-6,13H,7-11H2,1-2H3,(H,20,24). The molecule has 0 bridgehead atoms. The van der Waals surface area contributed by atoms with Crippen molar-refractivity contribution in [3.63, 3.8) is 0 Å². The molecule has 1 atom stereocenters. The number of nitrogens with one attached hydrogen (secondary N) is 1. The number of benzene rings is 1. The van der Waals surface area contributed by atoms with Crippen molar-refractivity contribution in [1.29, 1.82) is 0 Å². The Bertz CT molecular complexity index is 944. The summed E-state index contributed by atoms with van der Waals surface area (Å²) in [5.74, 6) is 2.03. The second-order valence-electron chi connectivity index (χ2n) is 6.67. The number of nitrogens with zero attached hydrogens (tertiary/aromatic N) is 3. The van der Waals surface area contributed by atoms with Gasteiger partial charge in [0.1, 0.15) is 18.0 Å². The summed E-state index contributed by atoms with van der Waals surface area (Å²) in [5, 5.41) is 12.5. The molecule has 0 saturated carbocycles. The number of furan rings is 1. The predicted octanol–water partition coefficient (Wildman–Crippen LogP) is 2.61. The summed E-state index contributed by atoms with van der Waals surface area (Å²) < 4.78 is 13.1. The van der Waals surface area contributed by atoms with Crippen LogP contribution in [-0.2, 0) is 24.3 Å². The van der Waals surface area contributed by atoms with Gasteiger partial charge in [0.2, 0.25) is 0 Å². The van der Waals surface area contributed by atoms with Crippen molar-refractivity contribution in [2.75, 3.05) is 7.11 Å². The first-order valence-electron chi connectivity index (χ1n) is 8.86. The molecule has 1 unspecified atom stereocenters. The number of aryl methyl sites for hydroxylation is 2. The Morgan fingerprint density at radius 1 is 1.35 bits per heavy atom. The Labute approximate surface area is 151 Å². The van der Waals surface area contributed by atoms with E-state index in [9.17, 15) is 4.79 Å². The SMILES string of the molecule is COCc1nnc2n1CCC(NC(=O)c1oc3ccccc3c1C)CC2. The topological polar surface area (TPSA) is 82.2 Å². The van der Waals surface area contributed by atoms with Crippen LogP contribution in [0.25, 0.3) is 11.0 Å². The first-order valence-corrected chi connectivity index (χ1v) is 8.86. The Hall–Kier alpha value is -2.67. The highest BCUT2D eigenvalue weighted by Gasteiger charge is 2.24. The van der Waals surface area contributed by atoms with Crippen LogP contribution in [0.15, 0.2) is 28.7 Å². The van der Waals surface area contributed by atoms with E-state index < -0.39 is 0 Å². The highest BCUT2D eigenvalue weighted by Crippen LogP contribution is 2.25. The number of amides is 1. The number of para-hydroxylation sites is 1. The van der Waals surface area contributed by atoms with Crippen molar-refractivity contribution < 1.29 is 13.9 Å². The fourth-order valence-corrected chi connectivity index (χ4v) is 3.57. The third-order valence-corrected chi connectivity index (χ3v) is 4.98. The average molecular weight is 354 g/mol.